The van der Waals surface area contributed by atoms with Crippen LogP contribution in [-0.2, 0) is 9.59 Å². The third-order valence-electron chi connectivity index (χ3n) is 4.39. The molecule has 22 heavy (non-hydrogen) atoms. The number of carbonyl (C=O) groups excluding carboxylic acids is 2. The SMILES string of the molecule is CCC(C)(C)NC1CC(=O)N(c2ccc3cc[nH]c3c2)C1=O. The van der Waals surface area contributed by atoms with Gasteiger partial charge in [0, 0.05) is 17.3 Å². The molecule has 1 fully saturated rings. The largest absolute Gasteiger partial charge is 0.361 e. The Hall–Kier alpha value is -2.14. The van der Waals surface area contributed by atoms with Crippen LogP contribution < -0.4 is 10.2 Å². The van der Waals surface area contributed by atoms with Crippen molar-refractivity contribution in [1.29, 1.82) is 0 Å². The summed E-state index contributed by atoms with van der Waals surface area (Å²) in [6, 6.07) is 7.10. The zero-order chi connectivity index (χ0) is 15.9. The molecule has 5 nitrogen and oxygen atoms in total. The van der Waals surface area contributed by atoms with Gasteiger partial charge in [-0.25, -0.2) is 4.90 Å². The van der Waals surface area contributed by atoms with Gasteiger partial charge in [-0.05, 0) is 43.9 Å². The van der Waals surface area contributed by atoms with Crippen LogP contribution in [0.5, 0.6) is 0 Å². The molecular formula is C17H21N3O2. The van der Waals surface area contributed by atoms with Gasteiger partial charge >= 0.3 is 0 Å². The van der Waals surface area contributed by atoms with E-state index in [2.05, 4.69) is 17.2 Å². The first-order valence-electron chi connectivity index (χ1n) is 7.63. The van der Waals surface area contributed by atoms with E-state index in [9.17, 15) is 9.59 Å². The van der Waals surface area contributed by atoms with Gasteiger partial charge in [0.25, 0.3) is 5.91 Å². The minimum atomic E-state index is -0.443. The Morgan fingerprint density at radius 2 is 2.09 bits per heavy atom. The van der Waals surface area contributed by atoms with Gasteiger partial charge in [0.05, 0.1) is 18.2 Å². The summed E-state index contributed by atoms with van der Waals surface area (Å²) in [6.45, 7) is 6.14. The number of imide groups is 1. The van der Waals surface area contributed by atoms with E-state index in [-0.39, 0.29) is 23.8 Å². The Bertz CT molecular complexity index is 732. The van der Waals surface area contributed by atoms with Crippen LogP contribution in [0.1, 0.15) is 33.6 Å². The van der Waals surface area contributed by atoms with Crippen LogP contribution in [0.15, 0.2) is 30.5 Å². The fourth-order valence-electron chi connectivity index (χ4n) is 2.76. The van der Waals surface area contributed by atoms with Gasteiger partial charge in [-0.2, -0.15) is 0 Å². The molecule has 0 bridgehead atoms. The van der Waals surface area contributed by atoms with Gasteiger partial charge in [0.15, 0.2) is 0 Å². The van der Waals surface area contributed by atoms with Crippen LogP contribution in [-0.4, -0.2) is 28.4 Å². The molecule has 1 aromatic carbocycles. The number of aromatic amines is 1. The maximum atomic E-state index is 12.6. The van der Waals surface area contributed by atoms with E-state index < -0.39 is 6.04 Å². The molecule has 2 aromatic rings. The summed E-state index contributed by atoms with van der Waals surface area (Å²) in [4.78, 5) is 29.3. The molecule has 0 radical (unpaired) electrons. The maximum absolute atomic E-state index is 12.6. The first-order valence-corrected chi connectivity index (χ1v) is 7.63. The van der Waals surface area contributed by atoms with Crippen LogP contribution in [0, 0.1) is 0 Å². The van der Waals surface area contributed by atoms with Crippen molar-refractivity contribution in [3.63, 3.8) is 0 Å². The first-order chi connectivity index (χ1) is 10.4. The molecule has 0 saturated carbocycles. The third kappa shape index (κ3) is 2.52. The molecule has 0 spiro atoms. The summed E-state index contributed by atoms with van der Waals surface area (Å²) < 4.78 is 0. The standard InChI is InChI=1S/C17H21N3O2/c1-4-17(2,3)19-14-10-15(21)20(16(14)22)12-6-5-11-7-8-18-13(11)9-12/h5-9,14,18-19H,4,10H2,1-3H3. The fourth-order valence-corrected chi connectivity index (χ4v) is 2.76. The second-order valence-corrected chi connectivity index (χ2v) is 6.46. The second-order valence-electron chi connectivity index (χ2n) is 6.46. The Morgan fingerprint density at radius 3 is 2.82 bits per heavy atom. The van der Waals surface area contributed by atoms with Gasteiger partial charge in [-0.3, -0.25) is 9.59 Å². The number of hydrogen-bond donors (Lipinski definition) is 2. The van der Waals surface area contributed by atoms with Gasteiger partial charge < -0.3 is 10.3 Å². The van der Waals surface area contributed by atoms with Crippen LogP contribution in [0.3, 0.4) is 0 Å². The number of nitrogens with zero attached hydrogens (tertiary/aromatic N) is 1. The average molecular weight is 299 g/mol. The summed E-state index contributed by atoms with van der Waals surface area (Å²) in [5.74, 6) is -0.322. The topological polar surface area (TPSA) is 65.2 Å². The van der Waals surface area contributed by atoms with Crippen molar-refractivity contribution in [2.45, 2.75) is 45.2 Å². The first kappa shape index (κ1) is 14.8. The number of anilines is 1. The van der Waals surface area contributed by atoms with E-state index in [1.54, 1.807) is 0 Å². The molecular weight excluding hydrogens is 278 g/mol. The van der Waals surface area contributed by atoms with Crippen molar-refractivity contribution >= 4 is 28.4 Å². The van der Waals surface area contributed by atoms with Crippen molar-refractivity contribution in [2.75, 3.05) is 4.90 Å². The quantitative estimate of drug-likeness (QED) is 0.853. The molecule has 2 heterocycles. The summed E-state index contributed by atoms with van der Waals surface area (Å²) >= 11 is 0. The van der Waals surface area contributed by atoms with Crippen LogP contribution >= 0.6 is 0 Å². The maximum Gasteiger partial charge on any atom is 0.251 e. The average Bonchev–Trinajstić information content (AvgIpc) is 3.03. The van der Waals surface area contributed by atoms with Crippen molar-refractivity contribution in [2.24, 2.45) is 0 Å². The smallest absolute Gasteiger partial charge is 0.251 e. The fraction of sp³-hybridized carbons (Fsp3) is 0.412. The highest BCUT2D eigenvalue weighted by molar-refractivity contribution is 6.22. The van der Waals surface area contributed by atoms with Crippen molar-refractivity contribution < 1.29 is 9.59 Å². The highest BCUT2D eigenvalue weighted by Crippen LogP contribution is 2.27. The minimum absolute atomic E-state index is 0.152. The summed E-state index contributed by atoms with van der Waals surface area (Å²) in [5.41, 5.74) is 1.38. The van der Waals surface area contributed by atoms with Gasteiger partial charge in [0.1, 0.15) is 0 Å². The lowest BCUT2D eigenvalue weighted by atomic mass is 10.00. The normalized spacial score (nSPS) is 19.4. The van der Waals surface area contributed by atoms with Crippen LogP contribution in [0.2, 0.25) is 0 Å². The highest BCUT2D eigenvalue weighted by Gasteiger charge is 2.41. The summed E-state index contributed by atoms with van der Waals surface area (Å²) in [6.07, 6.45) is 2.95. The molecule has 1 aromatic heterocycles. The number of benzene rings is 1. The number of carbonyl (C=O) groups is 2. The molecule has 116 valence electrons. The molecule has 1 saturated heterocycles. The van der Waals surface area contributed by atoms with Crippen molar-refractivity contribution in [3.8, 4) is 0 Å². The zero-order valence-corrected chi connectivity index (χ0v) is 13.1. The molecule has 3 rings (SSSR count). The van der Waals surface area contributed by atoms with E-state index in [0.29, 0.717) is 5.69 Å². The Labute approximate surface area is 129 Å². The van der Waals surface area contributed by atoms with E-state index in [1.165, 1.54) is 4.90 Å². The van der Waals surface area contributed by atoms with E-state index in [4.69, 9.17) is 0 Å². The molecule has 2 N–H and O–H groups in total. The number of H-pyrrole nitrogens is 1. The Kier molecular flexibility index (Phi) is 3.53. The predicted molar refractivity (Wildman–Crippen MR) is 86.7 cm³/mol. The lowest BCUT2D eigenvalue weighted by Crippen LogP contribution is -2.49. The monoisotopic (exact) mass is 299 g/mol. The van der Waals surface area contributed by atoms with E-state index in [1.807, 2.05) is 44.3 Å². The Balaban J connectivity index is 1.87. The summed E-state index contributed by atoms with van der Waals surface area (Å²) in [7, 11) is 0. The Morgan fingerprint density at radius 1 is 1.32 bits per heavy atom. The second kappa shape index (κ2) is 5.25. The number of fused-ring (bicyclic) bond motifs is 1. The lowest BCUT2D eigenvalue weighted by Gasteiger charge is -2.27. The molecule has 1 atom stereocenters. The molecule has 1 aliphatic rings. The third-order valence-corrected chi connectivity index (χ3v) is 4.39. The lowest BCUT2D eigenvalue weighted by molar-refractivity contribution is -0.121. The summed E-state index contributed by atoms with van der Waals surface area (Å²) in [5, 5.41) is 4.36. The number of hydrogen-bond acceptors (Lipinski definition) is 3. The number of rotatable bonds is 4. The number of aromatic nitrogens is 1. The minimum Gasteiger partial charge on any atom is -0.361 e. The van der Waals surface area contributed by atoms with Crippen molar-refractivity contribution in [1.82, 2.24) is 10.3 Å². The molecule has 2 amide bonds. The van der Waals surface area contributed by atoms with E-state index >= 15 is 0 Å². The molecule has 1 aliphatic heterocycles. The van der Waals surface area contributed by atoms with Gasteiger partial charge in [-0.15, -0.1) is 0 Å². The predicted octanol–water partition coefficient (Wildman–Crippen LogP) is 2.58. The van der Waals surface area contributed by atoms with Crippen LogP contribution in [0.4, 0.5) is 5.69 Å². The molecule has 0 aliphatic carbocycles. The van der Waals surface area contributed by atoms with Gasteiger partial charge in [-0.1, -0.05) is 13.0 Å². The van der Waals surface area contributed by atoms with Crippen LogP contribution in [0.25, 0.3) is 10.9 Å². The zero-order valence-electron chi connectivity index (χ0n) is 13.1. The van der Waals surface area contributed by atoms with Gasteiger partial charge in [0.2, 0.25) is 5.91 Å². The molecule has 5 heteroatoms. The van der Waals surface area contributed by atoms with Crippen molar-refractivity contribution in [3.05, 3.63) is 30.5 Å². The number of nitrogens with one attached hydrogen (secondary N) is 2. The van der Waals surface area contributed by atoms with E-state index in [0.717, 1.165) is 17.3 Å². The number of amides is 2. The molecule has 1 unspecified atom stereocenters. The highest BCUT2D eigenvalue weighted by atomic mass is 16.2.